The van der Waals surface area contributed by atoms with Gasteiger partial charge in [-0.3, -0.25) is 0 Å². The first-order valence-corrected chi connectivity index (χ1v) is 8.98. The largest absolute Gasteiger partial charge is 0.501 e. The number of hydrogen-bond donors (Lipinski definition) is 2. The van der Waals surface area contributed by atoms with E-state index < -0.39 is 14.9 Å². The van der Waals surface area contributed by atoms with Crippen LogP contribution in [-0.2, 0) is 18.0 Å². The molecule has 0 aliphatic carbocycles. The summed E-state index contributed by atoms with van der Waals surface area (Å²) in [7, 11) is -2.55. The van der Waals surface area contributed by atoms with Gasteiger partial charge in [-0.25, -0.2) is 4.79 Å². The van der Waals surface area contributed by atoms with Crippen molar-refractivity contribution in [3.05, 3.63) is 0 Å². The standard InChI is InChI=1S/C12H25NO6Si/c1-3-17-20(18-9-11(2)10-19-20)8-4-5-13-12(15)16-7-6-14/h11,14H,3-10H2,1-2H3,(H,13,15). The third-order valence-electron chi connectivity index (χ3n) is 2.79. The van der Waals surface area contributed by atoms with Gasteiger partial charge in [0.1, 0.15) is 6.61 Å². The van der Waals surface area contributed by atoms with E-state index in [1.165, 1.54) is 0 Å². The van der Waals surface area contributed by atoms with E-state index in [1.54, 1.807) is 0 Å². The van der Waals surface area contributed by atoms with Crippen molar-refractivity contribution in [2.45, 2.75) is 26.3 Å². The lowest BCUT2D eigenvalue weighted by Gasteiger charge is -2.35. The molecule has 0 radical (unpaired) electrons. The first-order valence-electron chi connectivity index (χ1n) is 7.05. The Morgan fingerprint density at radius 1 is 1.45 bits per heavy atom. The van der Waals surface area contributed by atoms with Crippen molar-refractivity contribution in [1.29, 1.82) is 0 Å². The van der Waals surface area contributed by atoms with Crippen LogP contribution in [0.5, 0.6) is 0 Å². The van der Waals surface area contributed by atoms with Crippen LogP contribution in [0.1, 0.15) is 20.3 Å². The normalized spacial score (nSPS) is 26.2. The van der Waals surface area contributed by atoms with Crippen molar-refractivity contribution in [1.82, 2.24) is 5.32 Å². The summed E-state index contributed by atoms with van der Waals surface area (Å²) in [5, 5.41) is 11.1. The molecular formula is C12H25NO6Si. The predicted molar refractivity (Wildman–Crippen MR) is 74.3 cm³/mol. The molecule has 8 heteroatoms. The highest BCUT2D eigenvalue weighted by molar-refractivity contribution is 6.60. The molecule has 0 saturated carbocycles. The predicted octanol–water partition coefficient (Wildman–Crippen LogP) is 0.753. The third kappa shape index (κ3) is 6.19. The summed E-state index contributed by atoms with van der Waals surface area (Å²) in [5.41, 5.74) is 0. The molecule has 0 aromatic heterocycles. The van der Waals surface area contributed by atoms with E-state index in [0.717, 1.165) is 0 Å². The monoisotopic (exact) mass is 307 g/mol. The SMILES string of the molecule is CCO[Si]1(CCCNC(=O)OCCO)OCC(C)CO1. The molecule has 7 nitrogen and oxygen atoms in total. The van der Waals surface area contributed by atoms with Crippen LogP contribution in [0.25, 0.3) is 0 Å². The number of aliphatic hydroxyl groups excluding tert-OH is 1. The molecule has 2 N–H and O–H groups in total. The van der Waals surface area contributed by atoms with Crippen LogP contribution in [-0.4, -0.2) is 59.6 Å². The Hall–Kier alpha value is -0.673. The first-order chi connectivity index (χ1) is 9.62. The van der Waals surface area contributed by atoms with Crippen molar-refractivity contribution < 1.29 is 27.9 Å². The van der Waals surface area contributed by atoms with Gasteiger partial charge in [0.2, 0.25) is 0 Å². The molecule has 0 bridgehead atoms. The second kappa shape index (κ2) is 9.30. The third-order valence-corrected chi connectivity index (χ3v) is 5.70. The van der Waals surface area contributed by atoms with E-state index in [-0.39, 0.29) is 13.2 Å². The van der Waals surface area contributed by atoms with Gasteiger partial charge in [-0.15, -0.1) is 0 Å². The average Bonchev–Trinajstić information content (AvgIpc) is 2.45. The van der Waals surface area contributed by atoms with Crippen molar-refractivity contribution in [2.75, 3.05) is 39.6 Å². The van der Waals surface area contributed by atoms with E-state index in [0.29, 0.717) is 44.7 Å². The van der Waals surface area contributed by atoms with Gasteiger partial charge in [-0.2, -0.15) is 0 Å². The maximum absolute atomic E-state index is 11.2. The summed E-state index contributed by atoms with van der Waals surface area (Å²) in [5.74, 6) is 0.391. The second-order valence-electron chi connectivity index (χ2n) is 4.73. The molecule has 0 aromatic rings. The molecule has 1 saturated heterocycles. The number of nitrogens with one attached hydrogen (secondary N) is 1. The number of hydrogen-bond acceptors (Lipinski definition) is 6. The van der Waals surface area contributed by atoms with Gasteiger partial charge >= 0.3 is 14.9 Å². The lowest BCUT2D eigenvalue weighted by atomic mass is 10.2. The van der Waals surface area contributed by atoms with Crippen LogP contribution in [0.4, 0.5) is 4.79 Å². The molecule has 20 heavy (non-hydrogen) atoms. The van der Waals surface area contributed by atoms with Gasteiger partial charge in [-0.1, -0.05) is 6.92 Å². The van der Waals surface area contributed by atoms with E-state index in [4.69, 9.17) is 18.4 Å². The minimum absolute atomic E-state index is 0.00752. The number of amides is 1. The van der Waals surface area contributed by atoms with Crippen LogP contribution in [0.3, 0.4) is 0 Å². The number of rotatable bonds is 8. The Kier molecular flexibility index (Phi) is 8.08. The van der Waals surface area contributed by atoms with Gasteiger partial charge < -0.3 is 28.4 Å². The number of carbonyl (C=O) groups is 1. The highest BCUT2D eigenvalue weighted by Crippen LogP contribution is 2.23. The summed E-state index contributed by atoms with van der Waals surface area (Å²) in [6.45, 7) is 6.19. The minimum atomic E-state index is -2.55. The van der Waals surface area contributed by atoms with Gasteiger partial charge in [0.15, 0.2) is 0 Å². The van der Waals surface area contributed by atoms with E-state index in [9.17, 15) is 4.79 Å². The molecule has 1 amide bonds. The average molecular weight is 307 g/mol. The van der Waals surface area contributed by atoms with Gasteiger partial charge in [-0.05, 0) is 13.3 Å². The number of ether oxygens (including phenoxy) is 1. The highest BCUT2D eigenvalue weighted by atomic mass is 28.4. The number of alkyl carbamates (subject to hydrolysis) is 1. The molecule has 1 heterocycles. The molecule has 1 aliphatic rings. The Morgan fingerprint density at radius 3 is 2.75 bits per heavy atom. The molecule has 1 rings (SSSR count). The molecule has 118 valence electrons. The van der Waals surface area contributed by atoms with Crippen LogP contribution in [0.15, 0.2) is 0 Å². The van der Waals surface area contributed by atoms with Crippen molar-refractivity contribution in [3.63, 3.8) is 0 Å². The van der Waals surface area contributed by atoms with Crippen LogP contribution in [0, 0.1) is 5.92 Å². The molecule has 0 unspecified atom stereocenters. The van der Waals surface area contributed by atoms with Gasteiger partial charge in [0, 0.05) is 38.3 Å². The zero-order chi connectivity index (χ0) is 14.8. The zero-order valence-corrected chi connectivity index (χ0v) is 13.2. The van der Waals surface area contributed by atoms with E-state index in [2.05, 4.69) is 17.0 Å². The van der Waals surface area contributed by atoms with Crippen molar-refractivity contribution in [3.8, 4) is 0 Å². The van der Waals surface area contributed by atoms with Crippen LogP contribution < -0.4 is 5.32 Å². The molecule has 0 atom stereocenters. The summed E-state index contributed by atoms with van der Waals surface area (Å²) in [6.07, 6.45) is 0.180. The number of carbonyl (C=O) groups excluding carboxylic acids is 1. The highest BCUT2D eigenvalue weighted by Gasteiger charge is 2.43. The quantitative estimate of drug-likeness (QED) is 0.508. The molecule has 0 aromatic carbocycles. The Bertz CT molecular complexity index is 283. The van der Waals surface area contributed by atoms with Gasteiger partial charge in [0.25, 0.3) is 0 Å². The van der Waals surface area contributed by atoms with Crippen LogP contribution >= 0.6 is 0 Å². The second-order valence-corrected chi connectivity index (χ2v) is 7.47. The van der Waals surface area contributed by atoms with E-state index in [1.807, 2.05) is 6.92 Å². The lowest BCUT2D eigenvalue weighted by molar-refractivity contribution is -0.00282. The molecule has 0 spiro atoms. The molecule has 1 aliphatic heterocycles. The smallest absolute Gasteiger partial charge is 0.447 e. The Morgan fingerprint density at radius 2 is 2.15 bits per heavy atom. The summed E-state index contributed by atoms with van der Waals surface area (Å²) < 4.78 is 22.0. The Labute approximate surface area is 120 Å². The fraction of sp³-hybridized carbons (Fsp3) is 0.917. The van der Waals surface area contributed by atoms with Crippen molar-refractivity contribution >= 4 is 14.9 Å². The topological polar surface area (TPSA) is 86.3 Å². The van der Waals surface area contributed by atoms with Crippen molar-refractivity contribution in [2.24, 2.45) is 5.92 Å². The zero-order valence-electron chi connectivity index (χ0n) is 12.2. The fourth-order valence-corrected chi connectivity index (χ4v) is 4.64. The summed E-state index contributed by atoms with van der Waals surface area (Å²) in [6, 6.07) is 0.674. The first kappa shape index (κ1) is 17.4. The summed E-state index contributed by atoms with van der Waals surface area (Å²) in [4.78, 5) is 11.2. The van der Waals surface area contributed by atoms with E-state index >= 15 is 0 Å². The summed E-state index contributed by atoms with van der Waals surface area (Å²) >= 11 is 0. The maximum Gasteiger partial charge on any atom is 0.501 e. The lowest BCUT2D eigenvalue weighted by Crippen LogP contribution is -2.51. The molecular weight excluding hydrogens is 282 g/mol. The Balaban J connectivity index is 2.24. The molecule has 1 fully saturated rings. The van der Waals surface area contributed by atoms with Crippen LogP contribution in [0.2, 0.25) is 6.04 Å². The minimum Gasteiger partial charge on any atom is -0.447 e. The fourth-order valence-electron chi connectivity index (χ4n) is 1.83. The maximum atomic E-state index is 11.2. The number of aliphatic hydroxyl groups is 1. The van der Waals surface area contributed by atoms with Gasteiger partial charge in [0.05, 0.1) is 6.61 Å².